The maximum atomic E-state index is 13.0. The molecule has 0 bridgehead atoms. The summed E-state index contributed by atoms with van der Waals surface area (Å²) in [6, 6.07) is -0.798. The fourth-order valence-electron chi connectivity index (χ4n) is 8.98. The Kier molecular flexibility index (Phi) is 42.6. The van der Waals surface area contributed by atoms with Gasteiger partial charge in [-0.2, -0.15) is 0 Å². The van der Waals surface area contributed by atoms with Crippen molar-refractivity contribution in [1.82, 2.24) is 5.32 Å². The van der Waals surface area contributed by atoms with Crippen molar-refractivity contribution in [1.29, 1.82) is 0 Å². The SMILES string of the molecule is CCCCCCCCCC/C=C/[C@@H](O)[C@H](CO[C@@H]1O[C@H](CO)[C@@H](O)C(O)C1O)NC(=O)CCCCCCCCCCCCCCCCCCCCCCCCCCCCCCCC. The molecule has 1 aliphatic heterocycles. The zero-order valence-corrected chi connectivity index (χ0v) is 41.4. The van der Waals surface area contributed by atoms with Crippen LogP contribution in [0.2, 0.25) is 0 Å². The number of rotatable bonds is 47. The maximum Gasteiger partial charge on any atom is 0.220 e. The molecule has 9 nitrogen and oxygen atoms in total. The van der Waals surface area contributed by atoms with E-state index in [0.717, 1.165) is 38.5 Å². The highest BCUT2D eigenvalue weighted by atomic mass is 16.7. The number of hydrogen-bond acceptors (Lipinski definition) is 8. The molecular formula is C54H105NO8. The number of ether oxygens (including phenoxy) is 2. The number of hydrogen-bond donors (Lipinski definition) is 6. The predicted octanol–water partition coefficient (Wildman–Crippen LogP) is 12.8. The van der Waals surface area contributed by atoms with E-state index in [1.54, 1.807) is 6.08 Å². The third-order valence-corrected chi connectivity index (χ3v) is 13.4. The van der Waals surface area contributed by atoms with Crippen LogP contribution in [0.3, 0.4) is 0 Å². The minimum Gasteiger partial charge on any atom is -0.394 e. The van der Waals surface area contributed by atoms with Gasteiger partial charge in [0, 0.05) is 6.42 Å². The Morgan fingerprint density at radius 3 is 1.24 bits per heavy atom. The van der Waals surface area contributed by atoms with Gasteiger partial charge >= 0.3 is 0 Å². The van der Waals surface area contributed by atoms with Crippen LogP contribution in [0.15, 0.2) is 12.2 Å². The van der Waals surface area contributed by atoms with Gasteiger partial charge in [-0.3, -0.25) is 4.79 Å². The van der Waals surface area contributed by atoms with E-state index in [1.165, 1.54) is 212 Å². The van der Waals surface area contributed by atoms with Crippen LogP contribution in [-0.4, -0.2) is 87.5 Å². The van der Waals surface area contributed by atoms with Crippen molar-refractivity contribution in [3.05, 3.63) is 12.2 Å². The van der Waals surface area contributed by atoms with Gasteiger partial charge in [0.1, 0.15) is 24.4 Å². The molecule has 63 heavy (non-hydrogen) atoms. The lowest BCUT2D eigenvalue weighted by Gasteiger charge is -2.40. The Bertz CT molecular complexity index is 997. The van der Waals surface area contributed by atoms with E-state index in [1.807, 2.05) is 6.08 Å². The molecule has 1 heterocycles. The van der Waals surface area contributed by atoms with E-state index in [2.05, 4.69) is 19.2 Å². The van der Waals surface area contributed by atoms with Crippen LogP contribution in [0.1, 0.15) is 271 Å². The highest BCUT2D eigenvalue weighted by Crippen LogP contribution is 2.23. The number of aliphatic hydroxyl groups is 5. The summed E-state index contributed by atoms with van der Waals surface area (Å²) >= 11 is 0. The van der Waals surface area contributed by atoms with Crippen LogP contribution in [0.5, 0.6) is 0 Å². The lowest BCUT2D eigenvalue weighted by atomic mass is 9.99. The van der Waals surface area contributed by atoms with Crippen LogP contribution < -0.4 is 5.32 Å². The van der Waals surface area contributed by atoms with E-state index < -0.39 is 49.5 Å². The molecular weight excluding hydrogens is 791 g/mol. The lowest BCUT2D eigenvalue weighted by molar-refractivity contribution is -0.302. The Morgan fingerprint density at radius 1 is 0.524 bits per heavy atom. The molecule has 2 unspecified atom stereocenters. The van der Waals surface area contributed by atoms with Gasteiger partial charge in [-0.15, -0.1) is 0 Å². The van der Waals surface area contributed by atoms with Gasteiger partial charge in [0.2, 0.25) is 5.91 Å². The molecule has 0 radical (unpaired) electrons. The molecule has 6 N–H and O–H groups in total. The first-order valence-electron chi connectivity index (χ1n) is 27.4. The summed E-state index contributed by atoms with van der Waals surface area (Å²) in [6.07, 6.45) is 47.3. The number of nitrogens with one attached hydrogen (secondary N) is 1. The highest BCUT2D eigenvalue weighted by molar-refractivity contribution is 5.76. The summed E-state index contributed by atoms with van der Waals surface area (Å²) in [5.74, 6) is -0.173. The van der Waals surface area contributed by atoms with Crippen LogP contribution in [0.4, 0.5) is 0 Å². The fourth-order valence-corrected chi connectivity index (χ4v) is 8.98. The largest absolute Gasteiger partial charge is 0.394 e. The second kappa shape index (κ2) is 44.7. The second-order valence-corrected chi connectivity index (χ2v) is 19.4. The van der Waals surface area contributed by atoms with Crippen molar-refractivity contribution in [2.75, 3.05) is 13.2 Å². The monoisotopic (exact) mass is 896 g/mol. The van der Waals surface area contributed by atoms with Gasteiger partial charge in [0.25, 0.3) is 0 Å². The first-order chi connectivity index (χ1) is 30.8. The standard InChI is InChI=1S/C54H105NO8/c1-3-5-7-9-11-13-15-16-17-18-19-20-21-22-23-24-25-26-27-28-29-30-31-32-33-34-36-38-40-42-44-50(58)55-47(46-62-54-53(61)52(60)51(59)49(45-56)63-54)48(57)43-41-39-37-35-14-12-10-8-6-4-2/h41,43,47-49,51-54,56-57,59-61H,3-40,42,44-46H2,1-2H3,(H,55,58)/b43-41+/t47-,48+,49+,51+,52?,53?,54+/m0/s1. The van der Waals surface area contributed by atoms with E-state index in [0.29, 0.717) is 6.42 Å². The van der Waals surface area contributed by atoms with Crippen molar-refractivity contribution >= 4 is 5.91 Å². The minimum atomic E-state index is -1.56. The maximum absolute atomic E-state index is 13.0. The van der Waals surface area contributed by atoms with Crippen LogP contribution in [-0.2, 0) is 14.3 Å². The number of aliphatic hydroxyl groups excluding tert-OH is 5. The van der Waals surface area contributed by atoms with Crippen molar-refractivity contribution in [3.8, 4) is 0 Å². The summed E-state index contributed by atoms with van der Waals surface area (Å²) < 4.78 is 11.2. The summed E-state index contributed by atoms with van der Waals surface area (Å²) in [7, 11) is 0. The molecule has 7 atom stereocenters. The van der Waals surface area contributed by atoms with Crippen LogP contribution in [0, 0.1) is 0 Å². The van der Waals surface area contributed by atoms with E-state index in [9.17, 15) is 30.3 Å². The number of unbranched alkanes of at least 4 members (excludes halogenated alkanes) is 37. The second-order valence-electron chi connectivity index (χ2n) is 19.4. The molecule has 0 aliphatic carbocycles. The summed E-state index contributed by atoms with van der Waals surface area (Å²) in [4.78, 5) is 13.0. The van der Waals surface area contributed by atoms with Crippen molar-refractivity contribution in [3.63, 3.8) is 0 Å². The normalized spacial score (nSPS) is 20.1. The molecule has 0 aromatic carbocycles. The summed E-state index contributed by atoms with van der Waals surface area (Å²) in [6.45, 7) is 3.78. The van der Waals surface area contributed by atoms with Gasteiger partial charge in [-0.05, 0) is 19.3 Å². The number of carbonyl (C=O) groups is 1. The molecule has 1 rings (SSSR count). The fraction of sp³-hybridized carbons (Fsp3) is 0.944. The molecule has 0 spiro atoms. The summed E-state index contributed by atoms with van der Waals surface area (Å²) in [5.41, 5.74) is 0. The zero-order chi connectivity index (χ0) is 45.9. The molecule has 9 heteroatoms. The topological polar surface area (TPSA) is 149 Å². The molecule has 1 saturated heterocycles. The quantitative estimate of drug-likeness (QED) is 0.0261. The Hall–Kier alpha value is -1.07. The number of carbonyl (C=O) groups excluding carboxylic acids is 1. The molecule has 1 fully saturated rings. The molecule has 1 amide bonds. The Morgan fingerprint density at radius 2 is 0.873 bits per heavy atom. The van der Waals surface area contributed by atoms with E-state index in [-0.39, 0.29) is 12.5 Å². The molecule has 1 aliphatic rings. The van der Waals surface area contributed by atoms with Crippen LogP contribution >= 0.6 is 0 Å². The smallest absolute Gasteiger partial charge is 0.220 e. The Labute approximate surface area is 388 Å². The van der Waals surface area contributed by atoms with Gasteiger partial charge in [0.15, 0.2) is 6.29 Å². The Balaban J connectivity index is 2.09. The zero-order valence-electron chi connectivity index (χ0n) is 41.4. The summed E-state index contributed by atoms with van der Waals surface area (Å²) in [5, 5.41) is 54.2. The average molecular weight is 896 g/mol. The third kappa shape index (κ3) is 34.8. The van der Waals surface area contributed by atoms with Gasteiger partial charge in [0.05, 0.1) is 25.4 Å². The molecule has 374 valence electrons. The molecule has 0 aromatic heterocycles. The highest BCUT2D eigenvalue weighted by Gasteiger charge is 2.44. The van der Waals surface area contributed by atoms with Gasteiger partial charge in [-0.25, -0.2) is 0 Å². The van der Waals surface area contributed by atoms with Crippen molar-refractivity contribution in [2.45, 2.75) is 314 Å². The van der Waals surface area contributed by atoms with E-state index >= 15 is 0 Å². The lowest BCUT2D eigenvalue weighted by Crippen LogP contribution is -2.60. The van der Waals surface area contributed by atoms with Crippen molar-refractivity contribution in [2.24, 2.45) is 0 Å². The first kappa shape index (κ1) is 59.9. The number of allylic oxidation sites excluding steroid dienone is 1. The molecule has 0 aromatic rings. The van der Waals surface area contributed by atoms with Crippen LogP contribution in [0.25, 0.3) is 0 Å². The average Bonchev–Trinajstić information content (AvgIpc) is 3.28. The van der Waals surface area contributed by atoms with E-state index in [4.69, 9.17) is 9.47 Å². The molecule has 0 saturated carbocycles. The third-order valence-electron chi connectivity index (χ3n) is 13.4. The first-order valence-corrected chi connectivity index (χ1v) is 27.4. The van der Waals surface area contributed by atoms with Crippen molar-refractivity contribution < 1.29 is 39.8 Å². The minimum absolute atomic E-state index is 0.173. The van der Waals surface area contributed by atoms with Gasteiger partial charge in [-0.1, -0.05) is 257 Å². The van der Waals surface area contributed by atoms with Gasteiger partial charge < -0.3 is 40.3 Å². The predicted molar refractivity (Wildman–Crippen MR) is 263 cm³/mol. The number of amides is 1.